The van der Waals surface area contributed by atoms with Gasteiger partial charge in [-0.3, -0.25) is 0 Å². The number of furan rings is 1. The van der Waals surface area contributed by atoms with Gasteiger partial charge in [0.05, 0.1) is 17.0 Å². The highest BCUT2D eigenvalue weighted by atomic mass is 79.9. The summed E-state index contributed by atoms with van der Waals surface area (Å²) in [5, 5.41) is 0. The van der Waals surface area contributed by atoms with E-state index in [9.17, 15) is 21.6 Å². The van der Waals surface area contributed by atoms with Crippen LogP contribution in [0.5, 0.6) is 0 Å². The molecule has 2 aromatic rings. The van der Waals surface area contributed by atoms with E-state index in [4.69, 9.17) is 4.42 Å². The maximum absolute atomic E-state index is 12.9. The number of benzene rings is 1. The molecule has 1 heterocycles. The molecule has 4 nitrogen and oxygen atoms in total. The average molecular weight is 412 g/mol. The smallest absolute Gasteiger partial charge is 0.416 e. The fourth-order valence-corrected chi connectivity index (χ4v) is 3.49. The molecule has 23 heavy (non-hydrogen) atoms. The summed E-state index contributed by atoms with van der Waals surface area (Å²) in [7, 11) is -2.79. The second kappa shape index (κ2) is 6.29. The van der Waals surface area contributed by atoms with Crippen LogP contribution in [0.4, 0.5) is 13.2 Å². The molecule has 0 aliphatic heterocycles. The van der Waals surface area contributed by atoms with E-state index in [1.807, 2.05) is 0 Å². The molecular formula is C14H13BrF3NO3S. The predicted molar refractivity (Wildman–Crippen MR) is 81.2 cm³/mol. The normalized spacial score (nSPS) is 12.8. The van der Waals surface area contributed by atoms with Crippen LogP contribution in [-0.2, 0) is 22.7 Å². The Bertz CT molecular complexity index is 815. The van der Waals surface area contributed by atoms with E-state index < -0.39 is 26.7 Å². The first-order valence-electron chi connectivity index (χ1n) is 6.40. The van der Waals surface area contributed by atoms with E-state index in [1.165, 1.54) is 14.0 Å². The van der Waals surface area contributed by atoms with E-state index in [-0.39, 0.29) is 12.1 Å². The summed E-state index contributed by atoms with van der Waals surface area (Å²) < 4.78 is 70.3. The van der Waals surface area contributed by atoms with E-state index in [1.54, 1.807) is 12.1 Å². The zero-order valence-corrected chi connectivity index (χ0v) is 14.6. The standard InChI is InChI=1S/C14H13BrF3NO3S/c1-9-3-5-11(7-12(9)14(16,17)18)23(20,21)19(2)8-10-4-6-13(15)22-10/h3-7H,8H2,1-2H3. The number of alkyl halides is 3. The molecule has 0 aliphatic carbocycles. The molecule has 126 valence electrons. The number of sulfonamides is 1. The van der Waals surface area contributed by atoms with Crippen LogP contribution in [-0.4, -0.2) is 19.8 Å². The van der Waals surface area contributed by atoms with Crippen molar-refractivity contribution in [2.24, 2.45) is 0 Å². The molecule has 0 atom stereocenters. The quantitative estimate of drug-likeness (QED) is 0.757. The van der Waals surface area contributed by atoms with Crippen molar-refractivity contribution in [3.8, 4) is 0 Å². The summed E-state index contributed by atoms with van der Waals surface area (Å²) in [5.41, 5.74) is -0.998. The lowest BCUT2D eigenvalue weighted by atomic mass is 10.1. The first-order valence-corrected chi connectivity index (χ1v) is 8.63. The van der Waals surface area contributed by atoms with Crippen LogP contribution in [0.15, 0.2) is 44.3 Å². The van der Waals surface area contributed by atoms with Crippen LogP contribution < -0.4 is 0 Å². The Kier molecular flexibility index (Phi) is 4.93. The van der Waals surface area contributed by atoms with Gasteiger partial charge in [-0.05, 0) is 52.7 Å². The molecular weight excluding hydrogens is 399 g/mol. The van der Waals surface area contributed by atoms with Crippen LogP contribution in [0.3, 0.4) is 0 Å². The second-order valence-electron chi connectivity index (χ2n) is 4.94. The molecule has 9 heteroatoms. The van der Waals surface area contributed by atoms with Gasteiger partial charge in [0.15, 0.2) is 4.67 Å². The molecule has 0 fully saturated rings. The summed E-state index contributed by atoms with van der Waals surface area (Å²) in [4.78, 5) is -0.413. The fourth-order valence-electron chi connectivity index (χ4n) is 1.99. The van der Waals surface area contributed by atoms with Crippen molar-refractivity contribution < 1.29 is 26.0 Å². The van der Waals surface area contributed by atoms with Crippen LogP contribution >= 0.6 is 15.9 Å². The Labute approximate surface area is 140 Å². The van der Waals surface area contributed by atoms with E-state index in [0.29, 0.717) is 16.5 Å². The lowest BCUT2D eigenvalue weighted by molar-refractivity contribution is -0.138. The van der Waals surface area contributed by atoms with Crippen LogP contribution in [0.25, 0.3) is 0 Å². The molecule has 0 bridgehead atoms. The SMILES string of the molecule is Cc1ccc(S(=O)(=O)N(C)Cc2ccc(Br)o2)cc1C(F)(F)F. The monoisotopic (exact) mass is 411 g/mol. The second-order valence-corrected chi connectivity index (χ2v) is 7.77. The van der Waals surface area contributed by atoms with Gasteiger partial charge < -0.3 is 4.42 Å². The molecule has 1 aromatic carbocycles. The molecule has 2 rings (SSSR count). The van der Waals surface area contributed by atoms with Gasteiger partial charge in [0, 0.05) is 7.05 Å². The molecule has 0 saturated carbocycles. The Balaban J connectivity index is 2.35. The van der Waals surface area contributed by atoms with Crippen molar-refractivity contribution in [1.82, 2.24) is 4.31 Å². The van der Waals surface area contributed by atoms with Crippen molar-refractivity contribution in [3.05, 3.63) is 51.9 Å². The Morgan fingerprint density at radius 2 is 1.87 bits per heavy atom. The summed E-state index contributed by atoms with van der Waals surface area (Å²) in [6.45, 7) is 1.19. The van der Waals surface area contributed by atoms with E-state index in [2.05, 4.69) is 15.9 Å². The van der Waals surface area contributed by atoms with E-state index >= 15 is 0 Å². The zero-order valence-electron chi connectivity index (χ0n) is 12.2. The Morgan fingerprint density at radius 1 is 1.22 bits per heavy atom. The largest absolute Gasteiger partial charge is 0.453 e. The molecule has 0 amide bonds. The third-order valence-corrected chi connectivity index (χ3v) is 5.46. The summed E-state index contributed by atoms with van der Waals surface area (Å²) in [6, 6.07) is 6.14. The van der Waals surface area contributed by atoms with Gasteiger partial charge in [-0.25, -0.2) is 8.42 Å². The summed E-state index contributed by atoms with van der Waals surface area (Å²) >= 11 is 3.10. The van der Waals surface area contributed by atoms with Crippen molar-refractivity contribution in [3.63, 3.8) is 0 Å². The van der Waals surface area contributed by atoms with Crippen LogP contribution in [0.2, 0.25) is 0 Å². The predicted octanol–water partition coefficient (Wildman–Crippen LogP) is 4.19. The van der Waals surface area contributed by atoms with Gasteiger partial charge >= 0.3 is 6.18 Å². The number of halogens is 4. The third-order valence-electron chi connectivity index (χ3n) is 3.23. The molecule has 1 aromatic heterocycles. The number of aryl methyl sites for hydroxylation is 1. The number of nitrogens with zero attached hydrogens (tertiary/aromatic N) is 1. The van der Waals surface area contributed by atoms with Crippen molar-refractivity contribution in [1.29, 1.82) is 0 Å². The molecule has 0 radical (unpaired) electrons. The maximum Gasteiger partial charge on any atom is 0.416 e. The molecule has 0 N–H and O–H groups in total. The average Bonchev–Trinajstić information content (AvgIpc) is 2.83. The lowest BCUT2D eigenvalue weighted by Crippen LogP contribution is -2.26. The number of hydrogen-bond acceptors (Lipinski definition) is 3. The van der Waals surface area contributed by atoms with Gasteiger partial charge in [0.2, 0.25) is 10.0 Å². The van der Waals surface area contributed by atoms with Crippen LogP contribution in [0.1, 0.15) is 16.9 Å². The maximum atomic E-state index is 12.9. The number of hydrogen-bond donors (Lipinski definition) is 0. The van der Waals surface area contributed by atoms with Crippen LogP contribution in [0, 0.1) is 6.92 Å². The minimum absolute atomic E-state index is 0.0333. The van der Waals surface area contributed by atoms with E-state index in [0.717, 1.165) is 16.4 Å². The molecule has 0 aliphatic rings. The van der Waals surface area contributed by atoms with Crippen molar-refractivity contribution in [2.75, 3.05) is 7.05 Å². The first kappa shape index (κ1) is 18.0. The fraction of sp³-hybridized carbons (Fsp3) is 0.286. The minimum Gasteiger partial charge on any atom is -0.453 e. The topological polar surface area (TPSA) is 50.5 Å². The highest BCUT2D eigenvalue weighted by molar-refractivity contribution is 9.10. The van der Waals surface area contributed by atoms with Crippen molar-refractivity contribution in [2.45, 2.75) is 24.5 Å². The van der Waals surface area contributed by atoms with Gasteiger partial charge in [-0.15, -0.1) is 0 Å². The lowest BCUT2D eigenvalue weighted by Gasteiger charge is -2.18. The Morgan fingerprint density at radius 3 is 2.39 bits per heavy atom. The zero-order chi connectivity index (χ0) is 17.4. The first-order chi connectivity index (χ1) is 10.5. The Hall–Kier alpha value is -1.32. The molecule has 0 saturated heterocycles. The minimum atomic E-state index is -4.61. The molecule has 0 unspecified atom stereocenters. The van der Waals surface area contributed by atoms with Gasteiger partial charge in [0.1, 0.15) is 5.76 Å². The van der Waals surface area contributed by atoms with Crippen molar-refractivity contribution >= 4 is 26.0 Å². The highest BCUT2D eigenvalue weighted by Crippen LogP contribution is 2.33. The van der Waals surface area contributed by atoms with Gasteiger partial charge in [0.25, 0.3) is 0 Å². The third kappa shape index (κ3) is 3.96. The highest BCUT2D eigenvalue weighted by Gasteiger charge is 2.34. The summed E-state index contributed by atoms with van der Waals surface area (Å²) in [5.74, 6) is 0.367. The van der Waals surface area contributed by atoms with Gasteiger partial charge in [-0.2, -0.15) is 17.5 Å². The van der Waals surface area contributed by atoms with Gasteiger partial charge in [-0.1, -0.05) is 6.07 Å². The number of rotatable bonds is 4. The summed E-state index contributed by atoms with van der Waals surface area (Å²) in [6.07, 6.45) is -4.61. The molecule has 0 spiro atoms.